The second kappa shape index (κ2) is 9.15. The molecule has 2 amide bonds. The van der Waals surface area contributed by atoms with Crippen LogP contribution >= 0.6 is 0 Å². The highest BCUT2D eigenvalue weighted by Gasteiger charge is 2.31. The number of hydrogen-bond acceptors (Lipinski definition) is 5. The van der Waals surface area contributed by atoms with Crippen LogP contribution in [0.3, 0.4) is 0 Å². The molecule has 0 saturated carbocycles. The number of aliphatic carboxylic acids is 1. The van der Waals surface area contributed by atoms with Crippen LogP contribution in [-0.4, -0.2) is 45.5 Å². The molecule has 0 radical (unpaired) electrons. The van der Waals surface area contributed by atoms with Crippen molar-refractivity contribution in [2.75, 3.05) is 6.61 Å². The van der Waals surface area contributed by atoms with Crippen LogP contribution in [-0.2, 0) is 21.4 Å². The van der Waals surface area contributed by atoms with E-state index in [4.69, 9.17) is 9.84 Å². The third-order valence-electron chi connectivity index (χ3n) is 5.75. The number of hydrogen-bond donors (Lipinski definition) is 3. The summed E-state index contributed by atoms with van der Waals surface area (Å²) in [6.07, 6.45) is 0.691. The summed E-state index contributed by atoms with van der Waals surface area (Å²) in [5, 5.41) is 18.1. The molecular weight excluding hydrogens is 424 g/mol. The topological polar surface area (TPSA) is 123 Å². The fraction of sp³-hybridized carbons (Fsp3) is 0.250. The van der Waals surface area contributed by atoms with E-state index in [0.717, 1.165) is 22.3 Å². The Kier molecular flexibility index (Phi) is 6.12. The summed E-state index contributed by atoms with van der Waals surface area (Å²) in [5.41, 5.74) is 4.75. The maximum atomic E-state index is 12.7. The number of rotatable bonds is 7. The molecule has 0 saturated heterocycles. The van der Waals surface area contributed by atoms with Crippen LogP contribution in [0.4, 0.5) is 4.79 Å². The molecule has 0 fully saturated rings. The number of fused-ring (bicyclic) bond motifs is 3. The van der Waals surface area contributed by atoms with E-state index in [9.17, 15) is 14.4 Å². The Morgan fingerprint density at radius 2 is 1.64 bits per heavy atom. The number of ether oxygens (including phenoxy) is 1. The molecule has 9 nitrogen and oxygen atoms in total. The summed E-state index contributed by atoms with van der Waals surface area (Å²) in [6, 6.07) is 15.2. The Labute approximate surface area is 190 Å². The number of carboxylic acids is 1. The number of carbonyl (C=O) groups is 3. The van der Waals surface area contributed by atoms with Gasteiger partial charge in [0.15, 0.2) is 6.04 Å². The average Bonchev–Trinajstić information content (AvgIpc) is 3.37. The molecule has 1 aliphatic carbocycles. The minimum atomic E-state index is -1.19. The van der Waals surface area contributed by atoms with E-state index >= 15 is 0 Å². The van der Waals surface area contributed by atoms with Crippen LogP contribution in [0.5, 0.6) is 0 Å². The van der Waals surface area contributed by atoms with Gasteiger partial charge in [0.2, 0.25) is 5.91 Å². The van der Waals surface area contributed by atoms with E-state index in [1.165, 1.54) is 17.8 Å². The van der Waals surface area contributed by atoms with Gasteiger partial charge < -0.3 is 20.5 Å². The van der Waals surface area contributed by atoms with E-state index < -0.39 is 30.1 Å². The zero-order chi connectivity index (χ0) is 23.5. The van der Waals surface area contributed by atoms with E-state index in [0.29, 0.717) is 5.69 Å². The second-order valence-electron chi connectivity index (χ2n) is 7.85. The van der Waals surface area contributed by atoms with Crippen molar-refractivity contribution in [2.24, 2.45) is 7.05 Å². The number of benzene rings is 2. The smallest absolute Gasteiger partial charge is 0.408 e. The fourth-order valence-electron chi connectivity index (χ4n) is 4.06. The highest BCUT2D eigenvalue weighted by Crippen LogP contribution is 2.44. The molecule has 0 bridgehead atoms. The number of alkyl carbamates (subject to hydrolysis) is 1. The standard InChI is InChI=1S/C24H24N4O5/c1-14(23(30)31)26-22(29)21(20-11-12-25-28(20)2)27-24(32)33-13-19-17-9-5-3-7-15(17)16-8-4-6-10-18(16)19/h3-12,14,19,21H,13H2,1-2H3,(H,26,29)(H,27,32)(H,30,31)/t14-,21?/m1/s1. The van der Waals surface area contributed by atoms with Crippen molar-refractivity contribution >= 4 is 18.0 Å². The van der Waals surface area contributed by atoms with Gasteiger partial charge in [0, 0.05) is 19.2 Å². The van der Waals surface area contributed by atoms with Crippen molar-refractivity contribution in [2.45, 2.75) is 24.9 Å². The molecule has 170 valence electrons. The lowest BCUT2D eigenvalue weighted by atomic mass is 9.98. The molecule has 0 spiro atoms. The number of amides is 2. The first-order valence-corrected chi connectivity index (χ1v) is 10.5. The number of nitrogens with one attached hydrogen (secondary N) is 2. The summed E-state index contributed by atoms with van der Waals surface area (Å²) >= 11 is 0. The molecule has 1 unspecified atom stereocenters. The molecule has 1 aliphatic rings. The van der Waals surface area contributed by atoms with E-state index in [-0.39, 0.29) is 12.5 Å². The molecule has 0 aliphatic heterocycles. The van der Waals surface area contributed by atoms with Gasteiger partial charge in [0.1, 0.15) is 12.6 Å². The van der Waals surface area contributed by atoms with Crippen LogP contribution in [0, 0.1) is 0 Å². The largest absolute Gasteiger partial charge is 0.480 e. The quantitative estimate of drug-likeness (QED) is 0.511. The fourth-order valence-corrected chi connectivity index (χ4v) is 4.06. The lowest BCUT2D eigenvalue weighted by Crippen LogP contribution is -2.46. The minimum Gasteiger partial charge on any atom is -0.480 e. The molecule has 2 atom stereocenters. The van der Waals surface area contributed by atoms with Crippen molar-refractivity contribution in [3.05, 3.63) is 77.6 Å². The van der Waals surface area contributed by atoms with Gasteiger partial charge in [-0.25, -0.2) is 4.79 Å². The first-order valence-electron chi connectivity index (χ1n) is 10.5. The van der Waals surface area contributed by atoms with Gasteiger partial charge in [-0.05, 0) is 35.2 Å². The molecule has 3 aromatic rings. The Morgan fingerprint density at radius 3 is 2.18 bits per heavy atom. The van der Waals surface area contributed by atoms with Gasteiger partial charge in [-0.2, -0.15) is 5.10 Å². The lowest BCUT2D eigenvalue weighted by molar-refractivity contribution is -0.141. The van der Waals surface area contributed by atoms with E-state index in [1.807, 2.05) is 48.5 Å². The molecule has 3 N–H and O–H groups in total. The summed E-state index contributed by atoms with van der Waals surface area (Å²) in [7, 11) is 1.62. The molecule has 33 heavy (non-hydrogen) atoms. The number of carbonyl (C=O) groups excluding carboxylic acids is 2. The molecule has 2 aromatic carbocycles. The van der Waals surface area contributed by atoms with Crippen LogP contribution in [0.2, 0.25) is 0 Å². The Morgan fingerprint density at radius 1 is 1.03 bits per heavy atom. The molecule has 4 rings (SSSR count). The number of aromatic nitrogens is 2. The Bertz CT molecular complexity index is 1160. The van der Waals surface area contributed by atoms with Gasteiger partial charge in [-0.1, -0.05) is 48.5 Å². The van der Waals surface area contributed by atoms with Gasteiger partial charge in [-0.15, -0.1) is 0 Å². The average molecular weight is 448 g/mol. The summed E-state index contributed by atoms with van der Waals surface area (Å²) in [6.45, 7) is 1.43. The maximum Gasteiger partial charge on any atom is 0.408 e. The summed E-state index contributed by atoms with van der Waals surface area (Å²) in [4.78, 5) is 36.6. The van der Waals surface area contributed by atoms with Crippen molar-refractivity contribution in [3.8, 4) is 11.1 Å². The molecule has 9 heteroatoms. The Hall–Kier alpha value is -4.14. The van der Waals surface area contributed by atoms with Gasteiger partial charge >= 0.3 is 12.1 Å². The number of aryl methyl sites for hydroxylation is 1. The zero-order valence-electron chi connectivity index (χ0n) is 18.2. The highest BCUT2D eigenvalue weighted by molar-refractivity contribution is 5.89. The van der Waals surface area contributed by atoms with Gasteiger partial charge in [0.05, 0.1) is 5.69 Å². The van der Waals surface area contributed by atoms with Crippen molar-refractivity contribution < 1.29 is 24.2 Å². The van der Waals surface area contributed by atoms with E-state index in [1.54, 1.807) is 13.1 Å². The maximum absolute atomic E-state index is 12.7. The van der Waals surface area contributed by atoms with Gasteiger partial charge in [-0.3, -0.25) is 14.3 Å². The van der Waals surface area contributed by atoms with Crippen LogP contribution in [0.1, 0.15) is 35.7 Å². The summed E-state index contributed by atoms with van der Waals surface area (Å²) in [5.74, 6) is -1.99. The zero-order valence-corrected chi connectivity index (χ0v) is 18.2. The van der Waals surface area contributed by atoms with Gasteiger partial charge in [0.25, 0.3) is 0 Å². The van der Waals surface area contributed by atoms with E-state index in [2.05, 4.69) is 15.7 Å². The highest BCUT2D eigenvalue weighted by atomic mass is 16.5. The monoisotopic (exact) mass is 448 g/mol. The Balaban J connectivity index is 1.49. The predicted octanol–water partition coefficient (Wildman–Crippen LogP) is 2.59. The van der Waals surface area contributed by atoms with Crippen molar-refractivity contribution in [3.63, 3.8) is 0 Å². The molecule has 1 heterocycles. The second-order valence-corrected chi connectivity index (χ2v) is 7.85. The first kappa shape index (κ1) is 22.1. The van der Waals surface area contributed by atoms with Crippen LogP contribution < -0.4 is 10.6 Å². The van der Waals surface area contributed by atoms with Crippen molar-refractivity contribution in [1.29, 1.82) is 0 Å². The third-order valence-corrected chi connectivity index (χ3v) is 5.75. The third kappa shape index (κ3) is 4.43. The molecule has 1 aromatic heterocycles. The predicted molar refractivity (Wildman–Crippen MR) is 119 cm³/mol. The molecular formula is C24H24N4O5. The SMILES string of the molecule is C[C@@H](NC(=O)C(NC(=O)OCC1c2ccccc2-c2ccccc21)c1ccnn1C)C(=O)O. The normalized spacial score (nSPS) is 14.0. The van der Waals surface area contributed by atoms with Crippen LogP contribution in [0.25, 0.3) is 11.1 Å². The van der Waals surface area contributed by atoms with Crippen molar-refractivity contribution in [1.82, 2.24) is 20.4 Å². The lowest BCUT2D eigenvalue weighted by Gasteiger charge is -2.21. The first-order chi connectivity index (χ1) is 15.9. The minimum absolute atomic E-state index is 0.0884. The van der Waals surface area contributed by atoms with Crippen LogP contribution in [0.15, 0.2) is 60.8 Å². The number of carboxylic acid groups (broad SMARTS) is 1. The number of nitrogens with zero attached hydrogens (tertiary/aromatic N) is 2. The summed E-state index contributed by atoms with van der Waals surface area (Å²) < 4.78 is 6.96.